The van der Waals surface area contributed by atoms with Gasteiger partial charge < -0.3 is 15.0 Å². The average molecular weight is 482 g/mol. The number of amides is 2. The van der Waals surface area contributed by atoms with E-state index in [9.17, 15) is 27.6 Å². The first kappa shape index (κ1) is 23.5. The number of aromatic amines is 1. The molecule has 178 valence electrons. The molecule has 0 bridgehead atoms. The van der Waals surface area contributed by atoms with Crippen LogP contribution >= 0.6 is 0 Å². The Morgan fingerprint density at radius 1 is 0.914 bits per heavy atom. The molecule has 11 heteroatoms. The molecule has 1 heterocycles. The number of halogens is 3. The molecule has 0 fully saturated rings. The first-order chi connectivity index (χ1) is 16.7. The third-order valence-corrected chi connectivity index (χ3v) is 5.01. The van der Waals surface area contributed by atoms with Crippen molar-refractivity contribution in [2.24, 2.45) is 0 Å². The lowest BCUT2D eigenvalue weighted by Crippen LogP contribution is -2.17. The van der Waals surface area contributed by atoms with Crippen molar-refractivity contribution in [2.45, 2.75) is 6.18 Å². The van der Waals surface area contributed by atoms with Gasteiger partial charge in [0.15, 0.2) is 5.78 Å². The number of methoxy groups -OCH3 is 1. The van der Waals surface area contributed by atoms with Gasteiger partial charge in [0, 0.05) is 16.8 Å². The molecule has 0 unspecified atom stereocenters. The van der Waals surface area contributed by atoms with E-state index in [1.807, 2.05) is 0 Å². The van der Waals surface area contributed by atoms with Crippen LogP contribution in [-0.2, 0) is 10.9 Å². The number of anilines is 2. The molecule has 0 spiro atoms. The van der Waals surface area contributed by atoms with Crippen LogP contribution in [0.15, 0.2) is 66.7 Å². The molecule has 0 atom stereocenters. The second-order valence-corrected chi connectivity index (χ2v) is 7.34. The number of carbonyl (C=O) groups excluding carboxylic acids is 3. The molecule has 0 saturated carbocycles. The number of imidazole rings is 1. The topological polar surface area (TPSA) is 113 Å². The third-order valence-electron chi connectivity index (χ3n) is 5.01. The van der Waals surface area contributed by atoms with Crippen molar-refractivity contribution in [1.82, 2.24) is 9.97 Å². The SMILES string of the molecule is COC(=O)Nc1nc2ccc(C(=O)c3ccccc3C(=O)Nc3cccc(C(F)(F)F)c3)cc2[nH]1. The fraction of sp³-hybridized carbons (Fsp3) is 0.0833. The Kier molecular flexibility index (Phi) is 6.24. The van der Waals surface area contributed by atoms with Crippen LogP contribution in [0, 0.1) is 0 Å². The maximum Gasteiger partial charge on any atom is 0.416 e. The van der Waals surface area contributed by atoms with E-state index in [2.05, 4.69) is 25.3 Å². The Balaban J connectivity index is 1.61. The number of alkyl halides is 3. The predicted octanol–water partition coefficient (Wildman–Crippen LogP) is 5.24. The minimum absolute atomic E-state index is 0.00679. The Morgan fingerprint density at radius 2 is 1.66 bits per heavy atom. The zero-order valence-corrected chi connectivity index (χ0v) is 18.1. The fourth-order valence-electron chi connectivity index (χ4n) is 3.36. The van der Waals surface area contributed by atoms with E-state index in [1.165, 1.54) is 43.5 Å². The van der Waals surface area contributed by atoms with Gasteiger partial charge in [0.1, 0.15) is 0 Å². The number of ketones is 1. The van der Waals surface area contributed by atoms with Gasteiger partial charge in [-0.05, 0) is 42.5 Å². The van der Waals surface area contributed by atoms with Crippen molar-refractivity contribution >= 4 is 40.5 Å². The molecule has 1 aromatic heterocycles. The number of aromatic nitrogens is 2. The number of H-pyrrole nitrogens is 1. The number of ether oxygens (including phenoxy) is 1. The van der Waals surface area contributed by atoms with E-state index >= 15 is 0 Å². The monoisotopic (exact) mass is 482 g/mol. The van der Waals surface area contributed by atoms with E-state index < -0.39 is 29.5 Å². The predicted molar refractivity (Wildman–Crippen MR) is 121 cm³/mol. The highest BCUT2D eigenvalue weighted by Gasteiger charge is 2.30. The first-order valence-electron chi connectivity index (χ1n) is 10.1. The number of hydrogen-bond donors (Lipinski definition) is 3. The second kappa shape index (κ2) is 9.29. The van der Waals surface area contributed by atoms with Gasteiger partial charge in [-0.25, -0.2) is 9.78 Å². The van der Waals surface area contributed by atoms with Crippen LogP contribution in [0.25, 0.3) is 11.0 Å². The number of carbonyl (C=O) groups is 3. The molecule has 3 aromatic carbocycles. The van der Waals surface area contributed by atoms with Crippen molar-refractivity contribution < 1.29 is 32.3 Å². The van der Waals surface area contributed by atoms with E-state index in [4.69, 9.17) is 0 Å². The van der Waals surface area contributed by atoms with Gasteiger partial charge in [0.05, 0.1) is 29.3 Å². The summed E-state index contributed by atoms with van der Waals surface area (Å²) in [5, 5.41) is 4.80. The third kappa shape index (κ3) is 5.13. The summed E-state index contributed by atoms with van der Waals surface area (Å²) in [7, 11) is 1.20. The number of rotatable bonds is 5. The maximum atomic E-state index is 13.2. The first-order valence-corrected chi connectivity index (χ1v) is 10.1. The highest BCUT2D eigenvalue weighted by atomic mass is 19.4. The maximum absolute atomic E-state index is 13.2. The van der Waals surface area contributed by atoms with Crippen molar-refractivity contribution in [3.63, 3.8) is 0 Å². The summed E-state index contributed by atoms with van der Waals surface area (Å²) in [4.78, 5) is 44.5. The lowest BCUT2D eigenvalue weighted by molar-refractivity contribution is -0.137. The molecule has 0 radical (unpaired) electrons. The van der Waals surface area contributed by atoms with Crippen LogP contribution in [0.4, 0.5) is 29.6 Å². The highest BCUT2D eigenvalue weighted by Crippen LogP contribution is 2.31. The largest absolute Gasteiger partial charge is 0.453 e. The molecule has 0 saturated heterocycles. The second-order valence-electron chi connectivity index (χ2n) is 7.34. The van der Waals surface area contributed by atoms with Crippen molar-refractivity contribution in [3.8, 4) is 0 Å². The normalized spacial score (nSPS) is 11.2. The Morgan fingerprint density at radius 3 is 2.37 bits per heavy atom. The molecule has 8 nitrogen and oxygen atoms in total. The highest BCUT2D eigenvalue weighted by molar-refractivity contribution is 6.18. The minimum Gasteiger partial charge on any atom is -0.453 e. The average Bonchev–Trinajstić information content (AvgIpc) is 3.24. The summed E-state index contributed by atoms with van der Waals surface area (Å²) in [6.07, 6.45) is -5.28. The van der Waals surface area contributed by atoms with Gasteiger partial charge in [-0.2, -0.15) is 13.2 Å². The zero-order chi connectivity index (χ0) is 25.2. The van der Waals surface area contributed by atoms with Crippen LogP contribution in [0.1, 0.15) is 31.8 Å². The number of nitrogens with one attached hydrogen (secondary N) is 3. The van der Waals surface area contributed by atoms with Gasteiger partial charge in [-0.15, -0.1) is 0 Å². The molecule has 4 rings (SSSR count). The number of benzene rings is 3. The molecule has 35 heavy (non-hydrogen) atoms. The quantitative estimate of drug-likeness (QED) is 0.337. The lowest BCUT2D eigenvalue weighted by atomic mass is 9.97. The van der Waals surface area contributed by atoms with Crippen LogP contribution < -0.4 is 10.6 Å². The molecule has 3 N–H and O–H groups in total. The molecular weight excluding hydrogens is 465 g/mol. The Labute approximate surface area is 196 Å². The van der Waals surface area contributed by atoms with Gasteiger partial charge in [0.25, 0.3) is 5.91 Å². The van der Waals surface area contributed by atoms with Crippen LogP contribution in [0.3, 0.4) is 0 Å². The Bertz CT molecular complexity index is 1450. The summed E-state index contributed by atoms with van der Waals surface area (Å²) in [5.74, 6) is -1.10. The molecule has 2 amide bonds. The zero-order valence-electron chi connectivity index (χ0n) is 18.1. The minimum atomic E-state index is -4.56. The van der Waals surface area contributed by atoms with E-state index in [1.54, 1.807) is 18.2 Å². The van der Waals surface area contributed by atoms with E-state index in [-0.39, 0.29) is 28.3 Å². The summed E-state index contributed by atoms with van der Waals surface area (Å²) in [5.41, 5.74) is 0.239. The molecular formula is C24H17F3N4O4. The van der Waals surface area contributed by atoms with Gasteiger partial charge >= 0.3 is 12.3 Å². The lowest BCUT2D eigenvalue weighted by Gasteiger charge is -2.12. The number of fused-ring (bicyclic) bond motifs is 1. The van der Waals surface area contributed by atoms with Crippen LogP contribution in [0.5, 0.6) is 0 Å². The van der Waals surface area contributed by atoms with Crippen molar-refractivity contribution in [2.75, 3.05) is 17.7 Å². The number of nitrogens with zero attached hydrogens (tertiary/aromatic N) is 1. The van der Waals surface area contributed by atoms with E-state index in [0.29, 0.717) is 11.0 Å². The molecule has 0 aliphatic heterocycles. The summed E-state index contributed by atoms with van der Waals surface area (Å²) in [6.45, 7) is 0. The van der Waals surface area contributed by atoms with Crippen LogP contribution in [-0.4, -0.2) is 34.9 Å². The van der Waals surface area contributed by atoms with E-state index in [0.717, 1.165) is 12.1 Å². The fourth-order valence-corrected chi connectivity index (χ4v) is 3.36. The summed E-state index contributed by atoms with van der Waals surface area (Å²) < 4.78 is 43.5. The standard InChI is InChI=1S/C24H17F3N4O4/c1-35-23(34)31-22-29-18-10-9-13(11-19(18)30-22)20(32)16-7-2-3-8-17(16)21(33)28-15-6-4-5-14(12-15)24(25,26)27/h2-12H,1H3,(H,28,33)(H2,29,30,31,34). The Hall–Kier alpha value is -4.67. The van der Waals surface area contributed by atoms with Crippen molar-refractivity contribution in [3.05, 3.63) is 89.0 Å². The summed E-state index contributed by atoms with van der Waals surface area (Å²) in [6, 6.07) is 14.8. The van der Waals surface area contributed by atoms with Crippen LogP contribution in [0.2, 0.25) is 0 Å². The van der Waals surface area contributed by atoms with Gasteiger partial charge in [-0.1, -0.05) is 24.3 Å². The van der Waals surface area contributed by atoms with Gasteiger partial charge in [0.2, 0.25) is 5.95 Å². The smallest absolute Gasteiger partial charge is 0.416 e. The molecule has 0 aliphatic carbocycles. The molecule has 0 aliphatic rings. The van der Waals surface area contributed by atoms with Crippen molar-refractivity contribution in [1.29, 1.82) is 0 Å². The van der Waals surface area contributed by atoms with Gasteiger partial charge in [-0.3, -0.25) is 14.9 Å². The number of hydrogen-bond acceptors (Lipinski definition) is 5. The summed E-state index contributed by atoms with van der Waals surface area (Å²) >= 11 is 0. The molecule has 4 aromatic rings.